The Balaban J connectivity index is 1.26. The first-order chi connectivity index (χ1) is 38.2. The molecule has 22 nitrogen and oxygen atoms in total. The molecule has 3 aromatic carbocycles. The van der Waals surface area contributed by atoms with Crippen LogP contribution < -0.4 is 5.32 Å². The van der Waals surface area contributed by atoms with E-state index in [0.29, 0.717) is 5.75 Å². The number of esters is 5. The van der Waals surface area contributed by atoms with Crippen LogP contribution in [0.4, 0.5) is 4.79 Å². The first kappa shape index (κ1) is 62.3. The van der Waals surface area contributed by atoms with Crippen LogP contribution in [0.5, 0.6) is 0 Å². The summed E-state index contributed by atoms with van der Waals surface area (Å²) in [6, 6.07) is 22.1. The molecule has 25 heteroatoms. The number of carbonyl (C=O) groups is 8. The van der Waals surface area contributed by atoms with Gasteiger partial charge in [0.15, 0.2) is 17.5 Å². The molecule has 0 aromatic heterocycles. The molecule has 7 rings (SSSR count). The van der Waals surface area contributed by atoms with Crippen molar-refractivity contribution in [2.45, 2.75) is 121 Å². The van der Waals surface area contributed by atoms with E-state index in [2.05, 4.69) is 5.32 Å². The Morgan fingerprint density at radius 1 is 0.815 bits per heavy atom. The number of amides is 1. The minimum atomic E-state index is -4.22. The average Bonchev–Trinajstić information content (AvgIpc) is 2.89. The molecule has 1 unspecified atom stereocenters. The fraction of sp³-hybridized carbons (Fsp3) is 0.500. The summed E-state index contributed by atoms with van der Waals surface area (Å²) in [7, 11) is -1.74. The predicted octanol–water partition coefficient (Wildman–Crippen LogP) is 5.49. The molecule has 81 heavy (non-hydrogen) atoms. The third kappa shape index (κ3) is 13.6. The minimum absolute atomic E-state index is 0.0129. The Morgan fingerprint density at radius 3 is 1.98 bits per heavy atom. The molecule has 1 heterocycles. The first-order valence-electron chi connectivity index (χ1n) is 26.0. The molecule has 1 saturated heterocycles. The maximum atomic E-state index is 15.8. The fourth-order valence-electron chi connectivity index (χ4n) is 11.4. The lowest BCUT2D eigenvalue weighted by Gasteiger charge is -2.67. The lowest BCUT2D eigenvalue weighted by molar-refractivity contribution is -0.346. The molecule has 0 radical (unpaired) electrons. The van der Waals surface area contributed by atoms with E-state index in [1.54, 1.807) is 66.7 Å². The molecule has 3 aliphatic carbocycles. The smallest absolute Gasteiger partial charge is 0.465 e. The van der Waals surface area contributed by atoms with Crippen LogP contribution in [0.15, 0.2) is 102 Å². The van der Waals surface area contributed by atoms with Crippen molar-refractivity contribution in [2.75, 3.05) is 37.1 Å². The predicted molar refractivity (Wildman–Crippen MR) is 289 cm³/mol. The van der Waals surface area contributed by atoms with E-state index >= 15 is 9.59 Å². The Morgan fingerprint density at radius 2 is 1.41 bits per heavy atom. The van der Waals surface area contributed by atoms with Gasteiger partial charge >= 0.3 is 36.0 Å². The molecule has 2 saturated carbocycles. The third-order valence-electron chi connectivity index (χ3n) is 15.4. The SMILES string of the molecule is CC(=O)O[C@H]1C(=O)[C@@]2(C)[C@H]([C@H](OC(=O)c3ccccc3)[C@]3(O)CC(OC(=O)[C@H](OC(=O)OCCSSCCOC(=O)CCCS(=O)(=O)O)[C@@H](NC(=O)c4ccccc4)c4ccccc4)C(C)=C1C3(C)C)[C@]1(OC(C)=O)CO[C@@H]1C[C@@H]2O. The summed E-state index contributed by atoms with van der Waals surface area (Å²) >= 11 is 0. The van der Waals surface area contributed by atoms with Crippen LogP contribution >= 0.6 is 21.6 Å². The summed E-state index contributed by atoms with van der Waals surface area (Å²) in [5.74, 6) is -8.15. The van der Waals surface area contributed by atoms with Crippen LogP contribution in [0.25, 0.3) is 0 Å². The molecule has 1 aliphatic heterocycles. The van der Waals surface area contributed by atoms with Crippen LogP contribution in [0.3, 0.4) is 0 Å². The molecule has 0 spiro atoms. The topological polar surface area (TPSA) is 317 Å². The van der Waals surface area contributed by atoms with Gasteiger partial charge in [-0.15, -0.1) is 0 Å². The van der Waals surface area contributed by atoms with Gasteiger partial charge in [-0.3, -0.25) is 28.5 Å². The van der Waals surface area contributed by atoms with Crippen molar-refractivity contribution in [1.29, 1.82) is 0 Å². The molecule has 438 valence electrons. The molecule has 4 N–H and O–H groups in total. The number of nitrogens with one attached hydrogen (secondary N) is 1. The maximum Gasteiger partial charge on any atom is 0.509 e. The van der Waals surface area contributed by atoms with Crippen molar-refractivity contribution in [2.24, 2.45) is 16.7 Å². The van der Waals surface area contributed by atoms with Crippen LogP contribution in [0, 0.1) is 16.7 Å². The highest BCUT2D eigenvalue weighted by atomic mass is 33.1. The van der Waals surface area contributed by atoms with Crippen molar-refractivity contribution < 1.29 is 99.4 Å². The van der Waals surface area contributed by atoms with Gasteiger partial charge in [0.05, 0.1) is 35.4 Å². The number of ether oxygens (including phenoxy) is 8. The van der Waals surface area contributed by atoms with Gasteiger partial charge in [-0.2, -0.15) is 8.42 Å². The number of aliphatic hydroxyl groups is 2. The highest BCUT2D eigenvalue weighted by Gasteiger charge is 2.78. The van der Waals surface area contributed by atoms with Gasteiger partial charge in [0, 0.05) is 55.6 Å². The number of ketones is 1. The zero-order valence-electron chi connectivity index (χ0n) is 45.3. The summed E-state index contributed by atoms with van der Waals surface area (Å²) in [5.41, 5.74) is -7.89. The summed E-state index contributed by atoms with van der Waals surface area (Å²) in [6.07, 6.45) is -13.0. The Bertz CT molecular complexity index is 2980. The number of rotatable bonds is 22. The van der Waals surface area contributed by atoms with Crippen LogP contribution in [-0.2, 0) is 72.0 Å². The van der Waals surface area contributed by atoms with Gasteiger partial charge in [0.1, 0.15) is 43.2 Å². The molecule has 11 atom stereocenters. The average molecular weight is 1180 g/mol. The Kier molecular flexibility index (Phi) is 19.9. The van der Waals surface area contributed by atoms with E-state index in [-0.39, 0.29) is 72.7 Å². The van der Waals surface area contributed by atoms with E-state index in [1.807, 2.05) is 0 Å². The Labute approximate surface area is 475 Å². The van der Waals surface area contributed by atoms with Gasteiger partial charge < -0.3 is 53.4 Å². The first-order valence-corrected chi connectivity index (χ1v) is 30.0. The van der Waals surface area contributed by atoms with Crippen LogP contribution in [0.1, 0.15) is 99.5 Å². The van der Waals surface area contributed by atoms with Gasteiger partial charge in [-0.05, 0) is 61.2 Å². The summed E-state index contributed by atoms with van der Waals surface area (Å²) in [4.78, 5) is 112. The highest BCUT2D eigenvalue weighted by molar-refractivity contribution is 8.76. The molecule has 4 aliphatic rings. The third-order valence-corrected chi connectivity index (χ3v) is 18.5. The van der Waals surface area contributed by atoms with Crippen molar-refractivity contribution in [3.63, 3.8) is 0 Å². The van der Waals surface area contributed by atoms with Crippen molar-refractivity contribution in [3.8, 4) is 0 Å². The van der Waals surface area contributed by atoms with Gasteiger partial charge in [0.2, 0.25) is 6.10 Å². The largest absolute Gasteiger partial charge is 0.509 e. The molecular weight excluding hydrogens is 1120 g/mol. The quantitative estimate of drug-likeness (QED) is 0.0241. The molecule has 3 aromatic rings. The van der Waals surface area contributed by atoms with E-state index in [9.17, 15) is 47.4 Å². The van der Waals surface area contributed by atoms with Gasteiger partial charge in [0.25, 0.3) is 16.0 Å². The highest BCUT2D eigenvalue weighted by Crippen LogP contribution is 2.64. The standard InChI is InChI=1S/C56H65NO21S3/c1-32-38(75-51(65)45(43(35-17-10-7-11-18-35)57-49(63)36-19-12-8-13-20-36)76-52(66)72-25-27-80-79-26-24-71-41(61)23-16-28-81(68,69)70)30-56(67)48(77-50(64)37-21-14-9-15-22-37)46-54(6,39(60)29-40-55(46,31-73-40)78-34(3)59)47(62)44(74-33(2)58)42(32)53(56,4)5/h7-15,17-22,38-40,43-46,48,60,67H,16,23-31H2,1-6H3,(H,57,63)(H,68,69,70)/t38?,39-,40+,43-,44+,45+,46-,48-,54+,55-,56+/m0/s1. The number of Topliss-reactive ketones (excluding diaryl/α,β-unsaturated/α-hetero) is 1. The molecule has 2 bridgehead atoms. The zero-order valence-corrected chi connectivity index (χ0v) is 47.7. The maximum absolute atomic E-state index is 15.8. The lowest BCUT2D eigenvalue weighted by atomic mass is 9.44. The second-order valence-electron chi connectivity index (χ2n) is 20.8. The lowest BCUT2D eigenvalue weighted by Crippen LogP contribution is -2.82. The zero-order chi connectivity index (χ0) is 59.1. The number of fused-ring (bicyclic) bond motifs is 5. The second-order valence-corrected chi connectivity index (χ2v) is 25.1. The van der Waals surface area contributed by atoms with E-state index in [0.717, 1.165) is 13.8 Å². The van der Waals surface area contributed by atoms with Gasteiger partial charge in [-0.25, -0.2) is 14.4 Å². The fourth-order valence-corrected chi connectivity index (χ4v) is 13.5. The summed E-state index contributed by atoms with van der Waals surface area (Å²) in [6.45, 7) is 7.37. The molecule has 1 amide bonds. The van der Waals surface area contributed by atoms with Crippen molar-refractivity contribution in [1.82, 2.24) is 5.32 Å². The number of benzene rings is 3. The number of hydrogen-bond acceptors (Lipinski definition) is 22. The number of hydrogen-bond donors (Lipinski definition) is 4. The van der Waals surface area contributed by atoms with Crippen LogP contribution in [-0.4, -0.2) is 156 Å². The van der Waals surface area contributed by atoms with Crippen molar-refractivity contribution >= 4 is 79.4 Å². The van der Waals surface area contributed by atoms with Crippen LogP contribution in [0.2, 0.25) is 0 Å². The normalized spacial score (nSPS) is 27.1. The molecule has 3 fully saturated rings. The van der Waals surface area contributed by atoms with Gasteiger partial charge in [-0.1, -0.05) is 102 Å². The van der Waals surface area contributed by atoms with E-state index in [1.165, 1.54) is 73.5 Å². The minimum Gasteiger partial charge on any atom is -0.465 e. The summed E-state index contributed by atoms with van der Waals surface area (Å²) in [5, 5.41) is 29.0. The monoisotopic (exact) mass is 1180 g/mol. The van der Waals surface area contributed by atoms with Crippen molar-refractivity contribution in [3.05, 3.63) is 119 Å². The Hall–Kier alpha value is -6.35. The second kappa shape index (κ2) is 25.8. The molecular formula is C56H65NO21S3. The van der Waals surface area contributed by atoms with E-state index < -0.39 is 141 Å². The number of aliphatic hydroxyl groups excluding tert-OH is 1. The number of carbonyl (C=O) groups excluding carboxylic acids is 8. The summed E-state index contributed by atoms with van der Waals surface area (Å²) < 4.78 is 77.8. The van der Waals surface area contributed by atoms with E-state index in [4.69, 9.17) is 42.4 Å².